The highest BCUT2D eigenvalue weighted by molar-refractivity contribution is 9.11. The zero-order valence-corrected chi connectivity index (χ0v) is 22.7. The summed E-state index contributed by atoms with van der Waals surface area (Å²) < 4.78 is 1.03. The summed E-state index contributed by atoms with van der Waals surface area (Å²) in [5, 5.41) is 6.53. The van der Waals surface area contributed by atoms with E-state index in [1.807, 2.05) is 62.4 Å². The van der Waals surface area contributed by atoms with Gasteiger partial charge in [0.1, 0.15) is 0 Å². The molecule has 6 nitrogen and oxygen atoms in total. The molecule has 8 heteroatoms. The molecule has 0 bridgehead atoms. The predicted octanol–water partition coefficient (Wildman–Crippen LogP) is 7.26. The van der Waals surface area contributed by atoms with E-state index in [-0.39, 0.29) is 45.2 Å². The molecule has 4 aromatic rings. The van der Waals surface area contributed by atoms with Gasteiger partial charge in [0.25, 0.3) is 0 Å². The number of carbonyl (C=O) groups is 2. The van der Waals surface area contributed by atoms with Crippen molar-refractivity contribution in [2.24, 2.45) is 0 Å². The number of nitrogen functional groups attached to an aromatic ring is 2. The van der Waals surface area contributed by atoms with Gasteiger partial charge in [0.2, 0.25) is 0 Å². The number of rotatable bonds is 4. The minimum absolute atomic E-state index is 0.123. The van der Waals surface area contributed by atoms with Crippen LogP contribution in [0.5, 0.6) is 0 Å². The molecule has 0 fully saturated rings. The second-order valence-electron chi connectivity index (χ2n) is 8.78. The Morgan fingerprint density at radius 1 is 0.667 bits per heavy atom. The van der Waals surface area contributed by atoms with Crippen LogP contribution in [-0.4, -0.2) is 11.6 Å². The molecular formula is C28H22Br2N4O2. The van der Waals surface area contributed by atoms with Crippen molar-refractivity contribution in [2.75, 3.05) is 22.1 Å². The average Bonchev–Trinajstić information content (AvgIpc) is 2.85. The molecule has 0 aromatic heterocycles. The number of halogens is 2. The van der Waals surface area contributed by atoms with Crippen molar-refractivity contribution in [1.29, 1.82) is 0 Å². The van der Waals surface area contributed by atoms with Crippen LogP contribution in [0.3, 0.4) is 0 Å². The van der Waals surface area contributed by atoms with Crippen molar-refractivity contribution in [3.05, 3.63) is 103 Å². The van der Waals surface area contributed by atoms with Crippen LogP contribution in [0.15, 0.2) is 69.6 Å². The lowest BCUT2D eigenvalue weighted by atomic mass is 9.81. The third-order valence-corrected chi connectivity index (χ3v) is 7.50. The number of fused-ring (bicyclic) bond motifs is 2. The van der Waals surface area contributed by atoms with Gasteiger partial charge < -0.3 is 22.1 Å². The number of benzene rings is 4. The molecule has 0 amide bonds. The summed E-state index contributed by atoms with van der Waals surface area (Å²) in [6, 6.07) is 18.9. The molecule has 180 valence electrons. The maximum absolute atomic E-state index is 14.0. The van der Waals surface area contributed by atoms with Gasteiger partial charge in [-0.2, -0.15) is 0 Å². The van der Waals surface area contributed by atoms with Crippen molar-refractivity contribution in [1.82, 2.24) is 0 Å². The summed E-state index contributed by atoms with van der Waals surface area (Å²) in [7, 11) is 0. The van der Waals surface area contributed by atoms with E-state index in [4.69, 9.17) is 11.5 Å². The molecule has 0 radical (unpaired) electrons. The SMILES string of the molecule is Cc1ccc(Nc2cc(Br)cc3c2C(=O)c2c(N)c(Br)c(N)c(Nc4ccc(C)cc4)c2C3=O)cc1. The zero-order valence-electron chi connectivity index (χ0n) is 19.5. The van der Waals surface area contributed by atoms with Crippen LogP contribution in [0.2, 0.25) is 0 Å². The number of aryl methyl sites for hydroxylation is 2. The van der Waals surface area contributed by atoms with E-state index in [1.165, 1.54) is 0 Å². The summed E-state index contributed by atoms with van der Waals surface area (Å²) >= 11 is 6.93. The highest BCUT2D eigenvalue weighted by atomic mass is 79.9. The molecule has 1 aliphatic carbocycles. The molecule has 0 aliphatic heterocycles. The van der Waals surface area contributed by atoms with Crippen LogP contribution in [0.1, 0.15) is 43.0 Å². The van der Waals surface area contributed by atoms with Gasteiger partial charge in [0.15, 0.2) is 11.6 Å². The topological polar surface area (TPSA) is 110 Å². The maximum Gasteiger partial charge on any atom is 0.198 e. The minimum atomic E-state index is -0.355. The van der Waals surface area contributed by atoms with Crippen molar-refractivity contribution in [3.63, 3.8) is 0 Å². The van der Waals surface area contributed by atoms with E-state index < -0.39 is 0 Å². The summed E-state index contributed by atoms with van der Waals surface area (Å²) in [4.78, 5) is 28.0. The Kier molecular flexibility index (Phi) is 6.10. The molecule has 1 aliphatic rings. The fourth-order valence-electron chi connectivity index (χ4n) is 4.31. The Labute approximate surface area is 225 Å². The lowest BCUT2D eigenvalue weighted by Gasteiger charge is -2.26. The molecule has 0 saturated heterocycles. The first-order valence-electron chi connectivity index (χ1n) is 11.2. The van der Waals surface area contributed by atoms with Crippen LogP contribution in [-0.2, 0) is 0 Å². The number of nitrogens with two attached hydrogens (primary N) is 2. The Bertz CT molecular complexity index is 1560. The van der Waals surface area contributed by atoms with Gasteiger partial charge in [-0.15, -0.1) is 0 Å². The first-order valence-corrected chi connectivity index (χ1v) is 12.7. The quantitative estimate of drug-likeness (QED) is 0.161. The highest BCUT2D eigenvalue weighted by Gasteiger charge is 2.38. The predicted molar refractivity (Wildman–Crippen MR) is 153 cm³/mol. The van der Waals surface area contributed by atoms with Gasteiger partial charge in [-0.25, -0.2) is 0 Å². The first kappa shape index (κ1) is 24.1. The van der Waals surface area contributed by atoms with Crippen molar-refractivity contribution < 1.29 is 9.59 Å². The van der Waals surface area contributed by atoms with Crippen molar-refractivity contribution in [2.45, 2.75) is 13.8 Å². The van der Waals surface area contributed by atoms with E-state index in [9.17, 15) is 9.59 Å². The molecule has 0 heterocycles. The van der Waals surface area contributed by atoms with E-state index in [2.05, 4.69) is 42.5 Å². The molecule has 0 unspecified atom stereocenters. The third kappa shape index (κ3) is 4.06. The third-order valence-electron chi connectivity index (χ3n) is 6.19. The molecule has 5 rings (SSSR count). The first-order chi connectivity index (χ1) is 17.2. The Morgan fingerprint density at radius 3 is 1.81 bits per heavy atom. The second kappa shape index (κ2) is 9.11. The zero-order chi connectivity index (χ0) is 25.7. The maximum atomic E-state index is 14.0. The Balaban J connectivity index is 1.70. The van der Waals surface area contributed by atoms with E-state index in [1.54, 1.807) is 12.1 Å². The van der Waals surface area contributed by atoms with E-state index >= 15 is 0 Å². The van der Waals surface area contributed by atoms with Crippen LogP contribution in [0.4, 0.5) is 34.1 Å². The van der Waals surface area contributed by atoms with Crippen LogP contribution >= 0.6 is 31.9 Å². The summed E-state index contributed by atoms with van der Waals surface area (Å²) in [6.45, 7) is 3.98. The van der Waals surface area contributed by atoms with Crippen LogP contribution < -0.4 is 22.1 Å². The van der Waals surface area contributed by atoms with Crippen LogP contribution in [0.25, 0.3) is 0 Å². The minimum Gasteiger partial charge on any atom is -0.397 e. The number of nitrogens with one attached hydrogen (secondary N) is 2. The van der Waals surface area contributed by atoms with Gasteiger partial charge in [0, 0.05) is 21.4 Å². The summed E-state index contributed by atoms with van der Waals surface area (Å²) in [5.41, 5.74) is 18.6. The van der Waals surface area contributed by atoms with Gasteiger partial charge in [-0.05, 0) is 66.2 Å². The van der Waals surface area contributed by atoms with E-state index in [0.717, 1.165) is 22.5 Å². The lowest BCUT2D eigenvalue weighted by Crippen LogP contribution is -2.26. The summed E-state index contributed by atoms with van der Waals surface area (Å²) in [5.74, 6) is -0.694. The molecule has 6 N–H and O–H groups in total. The standard InChI is InChI=1S/C28H22Br2N4O2/c1-13-3-7-16(8-4-13)33-19-12-15(29)11-18-20(19)28(36)21-22(27(18)35)26(25(32)23(30)24(21)31)34-17-9-5-14(2)6-10-17/h3-12,33-34H,31-32H2,1-2H3. The Hall–Kier alpha value is -3.62. The Morgan fingerprint density at radius 2 is 1.22 bits per heavy atom. The van der Waals surface area contributed by atoms with Crippen molar-refractivity contribution >= 4 is 77.6 Å². The van der Waals surface area contributed by atoms with Gasteiger partial charge in [0.05, 0.1) is 43.9 Å². The van der Waals surface area contributed by atoms with Gasteiger partial charge in [-0.1, -0.05) is 51.3 Å². The monoisotopic (exact) mass is 604 g/mol. The largest absolute Gasteiger partial charge is 0.397 e. The van der Waals surface area contributed by atoms with Gasteiger partial charge >= 0.3 is 0 Å². The molecule has 36 heavy (non-hydrogen) atoms. The fraction of sp³-hybridized carbons (Fsp3) is 0.0714. The van der Waals surface area contributed by atoms with E-state index in [0.29, 0.717) is 20.3 Å². The molecule has 0 atom stereocenters. The molecule has 0 spiro atoms. The number of carbonyl (C=O) groups excluding carboxylic acids is 2. The molecular weight excluding hydrogens is 584 g/mol. The molecule has 4 aromatic carbocycles. The van der Waals surface area contributed by atoms with Gasteiger partial charge in [-0.3, -0.25) is 9.59 Å². The normalized spacial score (nSPS) is 12.2. The number of hydrogen-bond donors (Lipinski definition) is 4. The van der Waals surface area contributed by atoms with Crippen molar-refractivity contribution in [3.8, 4) is 0 Å². The molecule has 0 saturated carbocycles. The number of anilines is 6. The number of ketones is 2. The highest BCUT2D eigenvalue weighted by Crippen LogP contribution is 2.47. The fourth-order valence-corrected chi connectivity index (χ4v) is 5.17. The second-order valence-corrected chi connectivity index (χ2v) is 10.5. The number of hydrogen-bond acceptors (Lipinski definition) is 6. The van der Waals surface area contributed by atoms with Crippen LogP contribution in [0, 0.1) is 13.8 Å². The average molecular weight is 606 g/mol. The summed E-state index contributed by atoms with van der Waals surface area (Å²) in [6.07, 6.45) is 0. The smallest absolute Gasteiger partial charge is 0.198 e. The lowest BCUT2D eigenvalue weighted by molar-refractivity contribution is 0.0981.